The van der Waals surface area contributed by atoms with Crippen molar-refractivity contribution in [2.75, 3.05) is 4.81 Å². The number of fused-ring (bicyclic) bond motifs is 10. The maximum atomic E-state index is 2.80. The van der Waals surface area contributed by atoms with Gasteiger partial charge in [-0.15, -0.1) is 0 Å². The summed E-state index contributed by atoms with van der Waals surface area (Å²) in [5, 5.41) is 2.59. The van der Waals surface area contributed by atoms with E-state index >= 15 is 0 Å². The molecule has 12 rings (SSSR count). The molecule has 59 heavy (non-hydrogen) atoms. The largest absolute Gasteiger partial charge is 0.376 e. The highest BCUT2D eigenvalue weighted by Crippen LogP contribution is 2.63. The summed E-state index contributed by atoms with van der Waals surface area (Å²) in [6.45, 7) is 17.5. The molecule has 0 N–H and O–H groups in total. The minimum Gasteiger partial charge on any atom is -0.376 e. The van der Waals surface area contributed by atoms with E-state index in [9.17, 15) is 0 Å². The summed E-state index contributed by atoms with van der Waals surface area (Å²) in [5.41, 5.74) is 23.2. The lowest BCUT2D eigenvalue weighted by Gasteiger charge is -2.59. The second-order valence-corrected chi connectivity index (χ2v) is 20.9. The van der Waals surface area contributed by atoms with Crippen LogP contribution in [0.3, 0.4) is 0 Å². The van der Waals surface area contributed by atoms with E-state index in [-0.39, 0.29) is 28.5 Å². The van der Waals surface area contributed by atoms with Gasteiger partial charge in [0.2, 0.25) is 0 Å². The molecule has 2 heterocycles. The topological polar surface area (TPSA) is 3.24 Å². The number of hydrogen-bond acceptors (Lipinski definition) is 1. The fourth-order valence-electron chi connectivity index (χ4n) is 13.0. The standard InChI is InChI=1S/C57H54BN/c1-54(2,3)39-31-49-52-46(34-56(6)25-15-16-26-57(49,56)7)45-29-38(35-17-9-8-10-18-35)28-44-43-27-36-19-11-12-20-37(36)30-51(43)59(58(53(44)45)50(52)32-39)40-23-24-42-41-21-13-14-22-47(41)55(4,5)48(42)33-40/h8-14,17-24,27-33,46H,15-16,25-26,34H2,1-7H3. The van der Waals surface area contributed by atoms with Crippen LogP contribution < -0.4 is 15.7 Å². The van der Waals surface area contributed by atoms with Crippen LogP contribution in [0, 0.1) is 5.41 Å². The van der Waals surface area contributed by atoms with Crippen LogP contribution in [-0.2, 0) is 16.2 Å². The van der Waals surface area contributed by atoms with Crippen molar-refractivity contribution in [2.45, 2.75) is 103 Å². The molecular weight excluding hydrogens is 709 g/mol. The molecule has 3 aliphatic carbocycles. The van der Waals surface area contributed by atoms with Crippen molar-refractivity contribution in [3.05, 3.63) is 167 Å². The minimum absolute atomic E-state index is 0.0111. The molecule has 0 aromatic heterocycles. The summed E-state index contributed by atoms with van der Waals surface area (Å²) in [4.78, 5) is 2.80. The summed E-state index contributed by atoms with van der Waals surface area (Å²) < 4.78 is 0. The van der Waals surface area contributed by atoms with Gasteiger partial charge in [-0.05, 0) is 149 Å². The SMILES string of the molecule is CC(C)(C)c1cc2c3c(c1)C1(C)CCCCC1(C)CC3c1cc(-c3ccccc3)cc3c1B2N(c1ccc2c(c1)C(C)(C)c1ccccc1-2)c1cc2ccccc2cc1-3. The lowest BCUT2D eigenvalue weighted by atomic mass is 9.36. The summed E-state index contributed by atoms with van der Waals surface area (Å²) >= 11 is 0. The summed E-state index contributed by atoms with van der Waals surface area (Å²) in [7, 11) is 0. The van der Waals surface area contributed by atoms with Crippen molar-refractivity contribution in [2.24, 2.45) is 5.41 Å². The van der Waals surface area contributed by atoms with Crippen LogP contribution in [0.4, 0.5) is 11.4 Å². The van der Waals surface area contributed by atoms with E-state index in [0.29, 0.717) is 5.92 Å². The number of nitrogens with zero attached hydrogens (tertiary/aromatic N) is 1. The van der Waals surface area contributed by atoms with E-state index in [2.05, 4.69) is 187 Å². The zero-order valence-electron chi connectivity index (χ0n) is 35.8. The highest BCUT2D eigenvalue weighted by molar-refractivity contribution is 6.92. The molecule has 0 spiro atoms. The van der Waals surface area contributed by atoms with Gasteiger partial charge in [-0.3, -0.25) is 0 Å². The van der Waals surface area contributed by atoms with Crippen molar-refractivity contribution in [1.82, 2.24) is 0 Å². The van der Waals surface area contributed by atoms with Gasteiger partial charge in [0, 0.05) is 28.3 Å². The van der Waals surface area contributed by atoms with Gasteiger partial charge in [-0.1, -0.05) is 164 Å². The number of rotatable bonds is 2. The zero-order valence-corrected chi connectivity index (χ0v) is 35.8. The zero-order chi connectivity index (χ0) is 40.2. The van der Waals surface area contributed by atoms with E-state index in [1.807, 2.05) is 0 Å². The molecule has 2 heteroatoms. The first-order chi connectivity index (χ1) is 28.4. The van der Waals surface area contributed by atoms with Crippen molar-refractivity contribution in [3.63, 3.8) is 0 Å². The number of benzene rings is 7. The molecule has 0 saturated heterocycles. The van der Waals surface area contributed by atoms with Gasteiger partial charge in [-0.2, -0.15) is 0 Å². The van der Waals surface area contributed by atoms with Crippen LogP contribution in [0.2, 0.25) is 0 Å². The smallest absolute Gasteiger partial charge is 0.329 e. The third-order valence-corrected chi connectivity index (χ3v) is 16.4. The lowest BCUT2D eigenvalue weighted by molar-refractivity contribution is 0.0602. The second-order valence-electron chi connectivity index (χ2n) is 20.9. The third kappa shape index (κ3) is 4.75. The van der Waals surface area contributed by atoms with Gasteiger partial charge in [0.15, 0.2) is 0 Å². The Balaban J connectivity index is 1.22. The average molecular weight is 764 g/mol. The molecule has 1 nitrogen and oxygen atoms in total. The normalized spacial score (nSPS) is 22.9. The highest BCUT2D eigenvalue weighted by atomic mass is 15.1. The maximum Gasteiger partial charge on any atom is 0.329 e. The minimum atomic E-state index is -0.0966. The molecule has 1 saturated carbocycles. The molecule has 7 aromatic carbocycles. The van der Waals surface area contributed by atoms with Crippen LogP contribution in [0.15, 0.2) is 133 Å². The Kier molecular flexibility index (Phi) is 7.18. The van der Waals surface area contributed by atoms with E-state index in [0.717, 1.165) is 0 Å². The molecule has 290 valence electrons. The van der Waals surface area contributed by atoms with Gasteiger partial charge >= 0.3 is 6.85 Å². The molecule has 3 atom stereocenters. The Hall–Kier alpha value is -5.34. The summed E-state index contributed by atoms with van der Waals surface area (Å²) in [6.07, 6.45) is 6.41. The van der Waals surface area contributed by atoms with Crippen LogP contribution >= 0.6 is 0 Å². The van der Waals surface area contributed by atoms with Gasteiger partial charge in [0.05, 0.1) is 0 Å². The monoisotopic (exact) mass is 763 g/mol. The Bertz CT molecular complexity index is 2930. The molecule has 7 aromatic rings. The van der Waals surface area contributed by atoms with Crippen LogP contribution in [0.5, 0.6) is 0 Å². The van der Waals surface area contributed by atoms with E-state index in [4.69, 9.17) is 0 Å². The fraction of sp³-hybridized carbons (Fsp3) is 0.298. The van der Waals surface area contributed by atoms with Crippen molar-refractivity contribution in [3.8, 4) is 33.4 Å². The Labute approximate surface area is 351 Å². The fourth-order valence-corrected chi connectivity index (χ4v) is 13.0. The molecule has 0 radical (unpaired) electrons. The first kappa shape index (κ1) is 35.6. The molecule has 5 aliphatic rings. The average Bonchev–Trinajstić information content (AvgIpc) is 3.47. The quantitative estimate of drug-likeness (QED) is 0.159. The molecule has 1 fully saturated rings. The van der Waals surface area contributed by atoms with Crippen molar-refractivity contribution >= 4 is 39.9 Å². The van der Waals surface area contributed by atoms with E-state index in [1.165, 1.54) is 115 Å². The molecule has 0 amide bonds. The molecule has 3 unspecified atom stereocenters. The van der Waals surface area contributed by atoms with Gasteiger partial charge in [0.25, 0.3) is 0 Å². The lowest BCUT2D eigenvalue weighted by Crippen LogP contribution is -2.64. The van der Waals surface area contributed by atoms with Crippen molar-refractivity contribution in [1.29, 1.82) is 0 Å². The molecule has 0 bridgehead atoms. The van der Waals surface area contributed by atoms with E-state index < -0.39 is 0 Å². The van der Waals surface area contributed by atoms with Crippen molar-refractivity contribution < 1.29 is 0 Å². The van der Waals surface area contributed by atoms with Crippen LogP contribution in [0.25, 0.3) is 44.2 Å². The first-order valence-corrected chi connectivity index (χ1v) is 22.3. The first-order valence-electron chi connectivity index (χ1n) is 22.3. The maximum absolute atomic E-state index is 2.80. The van der Waals surface area contributed by atoms with Crippen LogP contribution in [0.1, 0.15) is 120 Å². The predicted molar refractivity (Wildman–Crippen MR) is 252 cm³/mol. The number of hydrogen-bond donors (Lipinski definition) is 0. The van der Waals surface area contributed by atoms with Gasteiger partial charge in [-0.25, -0.2) is 0 Å². The predicted octanol–water partition coefficient (Wildman–Crippen LogP) is 13.7. The third-order valence-electron chi connectivity index (χ3n) is 16.4. The number of anilines is 2. The van der Waals surface area contributed by atoms with Gasteiger partial charge in [0.1, 0.15) is 0 Å². The summed E-state index contributed by atoms with van der Waals surface area (Å²) in [6, 6.07) is 52.3. The summed E-state index contributed by atoms with van der Waals surface area (Å²) in [5.74, 6) is 0.344. The molecule has 2 aliphatic heterocycles. The van der Waals surface area contributed by atoms with Crippen LogP contribution in [-0.4, -0.2) is 6.85 Å². The van der Waals surface area contributed by atoms with Gasteiger partial charge < -0.3 is 4.81 Å². The Morgan fingerprint density at radius 2 is 1.31 bits per heavy atom. The highest BCUT2D eigenvalue weighted by Gasteiger charge is 2.57. The second kappa shape index (κ2) is 11.9. The Morgan fingerprint density at radius 3 is 2.10 bits per heavy atom. The Morgan fingerprint density at radius 1 is 0.593 bits per heavy atom. The molecular formula is C57H54BN. The van der Waals surface area contributed by atoms with E-state index in [1.54, 1.807) is 16.7 Å².